The highest BCUT2D eigenvalue weighted by atomic mass is 16.1. The van der Waals surface area contributed by atoms with Gasteiger partial charge in [-0.25, -0.2) is 0 Å². The van der Waals surface area contributed by atoms with E-state index in [-0.39, 0.29) is 5.91 Å². The summed E-state index contributed by atoms with van der Waals surface area (Å²) in [6, 6.07) is 11.5. The number of carbonyl (C=O) groups excluding carboxylic acids is 1. The molecule has 2 aromatic rings. The Morgan fingerprint density at radius 2 is 2.11 bits per heavy atom. The summed E-state index contributed by atoms with van der Waals surface area (Å²) in [5, 5.41) is 3.34. The highest BCUT2D eigenvalue weighted by Gasteiger charge is 2.01. The van der Waals surface area contributed by atoms with Crippen molar-refractivity contribution in [3.8, 4) is 0 Å². The lowest BCUT2D eigenvalue weighted by Crippen LogP contribution is -2.16. The first-order valence-corrected chi connectivity index (χ1v) is 5.86. The van der Waals surface area contributed by atoms with Crippen LogP contribution in [0.5, 0.6) is 0 Å². The van der Waals surface area contributed by atoms with Gasteiger partial charge in [0.05, 0.1) is 0 Å². The van der Waals surface area contributed by atoms with Crippen molar-refractivity contribution in [3.63, 3.8) is 0 Å². The van der Waals surface area contributed by atoms with Crippen LogP contribution in [-0.2, 0) is 20.1 Å². The van der Waals surface area contributed by atoms with Crippen molar-refractivity contribution in [2.75, 3.05) is 0 Å². The molecule has 0 fully saturated rings. The maximum absolute atomic E-state index is 11.1. The average molecular weight is 243 g/mol. The summed E-state index contributed by atoms with van der Waals surface area (Å²) in [4.78, 5) is 11.1. The molecular formula is C14H17N3O. The SMILES string of the molecule is Cn1cccc1CNCc1cccc(C(N)=O)c1. The summed E-state index contributed by atoms with van der Waals surface area (Å²) in [6.07, 6.45) is 2.02. The Morgan fingerprint density at radius 1 is 1.28 bits per heavy atom. The first kappa shape index (κ1) is 12.4. The lowest BCUT2D eigenvalue weighted by Gasteiger charge is -2.07. The average Bonchev–Trinajstić information content (AvgIpc) is 2.76. The summed E-state index contributed by atoms with van der Waals surface area (Å²) >= 11 is 0. The second-order valence-electron chi connectivity index (χ2n) is 4.28. The third-order valence-electron chi connectivity index (χ3n) is 2.90. The van der Waals surface area contributed by atoms with Crippen molar-refractivity contribution >= 4 is 5.91 Å². The first-order valence-electron chi connectivity index (χ1n) is 5.86. The van der Waals surface area contributed by atoms with Crippen LogP contribution in [0, 0.1) is 0 Å². The van der Waals surface area contributed by atoms with Crippen molar-refractivity contribution in [2.45, 2.75) is 13.1 Å². The molecule has 0 aliphatic carbocycles. The minimum Gasteiger partial charge on any atom is -0.366 e. The zero-order valence-electron chi connectivity index (χ0n) is 10.4. The van der Waals surface area contributed by atoms with Crippen LogP contribution in [0.25, 0.3) is 0 Å². The van der Waals surface area contributed by atoms with Gasteiger partial charge in [0.2, 0.25) is 5.91 Å². The fourth-order valence-electron chi connectivity index (χ4n) is 1.85. The van der Waals surface area contributed by atoms with Gasteiger partial charge in [-0.2, -0.15) is 0 Å². The maximum Gasteiger partial charge on any atom is 0.248 e. The Kier molecular flexibility index (Phi) is 3.79. The zero-order chi connectivity index (χ0) is 13.0. The predicted octanol–water partition coefficient (Wildman–Crippen LogP) is 1.41. The van der Waals surface area contributed by atoms with Crippen LogP contribution >= 0.6 is 0 Å². The Labute approximate surface area is 106 Å². The molecule has 0 saturated carbocycles. The van der Waals surface area contributed by atoms with Gasteiger partial charge in [-0.3, -0.25) is 4.79 Å². The van der Waals surface area contributed by atoms with Crippen molar-refractivity contribution in [3.05, 3.63) is 59.4 Å². The van der Waals surface area contributed by atoms with Crippen LogP contribution in [0.2, 0.25) is 0 Å². The molecule has 0 unspecified atom stereocenters. The molecule has 0 aliphatic rings. The summed E-state index contributed by atoms with van der Waals surface area (Å²) < 4.78 is 2.08. The van der Waals surface area contributed by atoms with Crippen molar-refractivity contribution in [2.24, 2.45) is 12.8 Å². The minimum atomic E-state index is -0.390. The molecule has 0 spiro atoms. The molecule has 2 rings (SSSR count). The minimum absolute atomic E-state index is 0.390. The van der Waals surface area contributed by atoms with Crippen LogP contribution in [0.1, 0.15) is 21.6 Å². The van der Waals surface area contributed by atoms with Crippen LogP contribution in [-0.4, -0.2) is 10.5 Å². The van der Waals surface area contributed by atoms with Crippen LogP contribution in [0.15, 0.2) is 42.6 Å². The number of nitrogens with one attached hydrogen (secondary N) is 1. The van der Waals surface area contributed by atoms with E-state index >= 15 is 0 Å². The van der Waals surface area contributed by atoms with E-state index in [0.29, 0.717) is 12.1 Å². The Bertz CT molecular complexity index is 545. The van der Waals surface area contributed by atoms with Crippen LogP contribution in [0.4, 0.5) is 0 Å². The van der Waals surface area contributed by atoms with Crippen LogP contribution in [0.3, 0.4) is 0 Å². The lowest BCUT2D eigenvalue weighted by atomic mass is 10.1. The van der Waals surface area contributed by atoms with E-state index < -0.39 is 0 Å². The van der Waals surface area contributed by atoms with E-state index in [9.17, 15) is 4.79 Å². The summed E-state index contributed by atoms with van der Waals surface area (Å²) in [5.74, 6) is -0.390. The molecule has 0 atom stereocenters. The number of hydrogen-bond acceptors (Lipinski definition) is 2. The third-order valence-corrected chi connectivity index (χ3v) is 2.90. The monoisotopic (exact) mass is 243 g/mol. The summed E-state index contributed by atoms with van der Waals surface area (Å²) in [7, 11) is 2.02. The molecular weight excluding hydrogens is 226 g/mol. The van der Waals surface area contributed by atoms with Gasteiger partial charge in [0.15, 0.2) is 0 Å². The third kappa shape index (κ3) is 2.99. The van der Waals surface area contributed by atoms with E-state index in [2.05, 4.69) is 16.0 Å². The Hall–Kier alpha value is -2.07. The number of aryl methyl sites for hydroxylation is 1. The number of rotatable bonds is 5. The number of amides is 1. The molecule has 3 N–H and O–H groups in total. The topological polar surface area (TPSA) is 60.1 Å². The van der Waals surface area contributed by atoms with E-state index in [1.54, 1.807) is 6.07 Å². The number of nitrogens with zero attached hydrogens (tertiary/aromatic N) is 1. The van der Waals surface area contributed by atoms with Gasteiger partial charge in [0, 0.05) is 37.6 Å². The molecule has 0 aliphatic heterocycles. The normalized spacial score (nSPS) is 10.5. The van der Waals surface area contributed by atoms with Gasteiger partial charge >= 0.3 is 0 Å². The van der Waals surface area contributed by atoms with Crippen molar-refractivity contribution in [1.82, 2.24) is 9.88 Å². The van der Waals surface area contributed by atoms with Gasteiger partial charge in [0.1, 0.15) is 0 Å². The van der Waals surface area contributed by atoms with Crippen molar-refractivity contribution in [1.29, 1.82) is 0 Å². The summed E-state index contributed by atoms with van der Waals surface area (Å²) in [6.45, 7) is 1.51. The number of aromatic nitrogens is 1. The fraction of sp³-hybridized carbons (Fsp3) is 0.214. The molecule has 18 heavy (non-hydrogen) atoms. The Morgan fingerprint density at radius 3 is 2.78 bits per heavy atom. The second kappa shape index (κ2) is 5.51. The second-order valence-corrected chi connectivity index (χ2v) is 4.28. The molecule has 4 nitrogen and oxygen atoms in total. The maximum atomic E-state index is 11.1. The smallest absolute Gasteiger partial charge is 0.248 e. The standard InChI is InChI=1S/C14H17N3O/c1-17-7-3-6-13(17)10-16-9-11-4-2-5-12(8-11)14(15)18/h2-8,16H,9-10H2,1H3,(H2,15,18). The molecule has 1 aromatic carbocycles. The number of carbonyl (C=O) groups is 1. The van der Waals surface area contributed by atoms with Gasteiger partial charge in [-0.1, -0.05) is 12.1 Å². The van der Waals surface area contributed by atoms with Crippen molar-refractivity contribution < 1.29 is 4.79 Å². The fourth-order valence-corrected chi connectivity index (χ4v) is 1.85. The quantitative estimate of drug-likeness (QED) is 0.834. The van der Waals surface area contributed by atoms with Gasteiger partial charge in [0.25, 0.3) is 0 Å². The van der Waals surface area contributed by atoms with E-state index in [1.165, 1.54) is 5.69 Å². The first-order chi connectivity index (χ1) is 8.66. The molecule has 94 valence electrons. The van der Waals surface area contributed by atoms with Gasteiger partial charge in [-0.15, -0.1) is 0 Å². The number of nitrogens with two attached hydrogens (primary N) is 1. The zero-order valence-corrected chi connectivity index (χ0v) is 10.4. The van der Waals surface area contributed by atoms with E-state index in [1.807, 2.05) is 37.5 Å². The molecule has 4 heteroatoms. The molecule has 1 aromatic heterocycles. The molecule has 0 saturated heterocycles. The highest BCUT2D eigenvalue weighted by Crippen LogP contribution is 2.05. The van der Waals surface area contributed by atoms with Crippen LogP contribution < -0.4 is 11.1 Å². The molecule has 1 heterocycles. The molecule has 0 radical (unpaired) electrons. The Balaban J connectivity index is 1.92. The largest absolute Gasteiger partial charge is 0.366 e. The van der Waals surface area contributed by atoms with E-state index in [4.69, 9.17) is 5.73 Å². The number of primary amides is 1. The van der Waals surface area contributed by atoms with Gasteiger partial charge in [-0.05, 0) is 29.8 Å². The highest BCUT2D eigenvalue weighted by molar-refractivity contribution is 5.92. The van der Waals surface area contributed by atoms with Gasteiger partial charge < -0.3 is 15.6 Å². The summed E-state index contributed by atoms with van der Waals surface area (Å²) in [5.41, 5.74) is 8.07. The predicted molar refractivity (Wildman–Crippen MR) is 70.9 cm³/mol. The van der Waals surface area contributed by atoms with E-state index in [0.717, 1.165) is 12.1 Å². The number of benzene rings is 1. The lowest BCUT2D eigenvalue weighted by molar-refractivity contribution is 0.1000. The number of hydrogen-bond donors (Lipinski definition) is 2. The molecule has 1 amide bonds. The molecule has 0 bridgehead atoms.